The SMILES string of the molecule is CC1CCN(C(=O)N(C)c2nccnc2C(=O)NC2Cc3ccccc3C2)CC1. The molecule has 0 saturated carbocycles. The Morgan fingerprint density at radius 2 is 1.69 bits per heavy atom. The third-order valence-electron chi connectivity index (χ3n) is 5.94. The molecule has 1 fully saturated rings. The molecular formula is C22H27N5O2. The number of nitrogens with zero attached hydrogens (tertiary/aromatic N) is 4. The second-order valence-electron chi connectivity index (χ2n) is 8.09. The molecule has 0 radical (unpaired) electrons. The van der Waals surface area contributed by atoms with Gasteiger partial charge in [0.05, 0.1) is 0 Å². The van der Waals surface area contributed by atoms with Crippen LogP contribution < -0.4 is 10.2 Å². The lowest BCUT2D eigenvalue weighted by Crippen LogP contribution is -2.46. The molecule has 0 atom stereocenters. The number of anilines is 1. The normalized spacial score (nSPS) is 17.1. The number of likely N-dealkylation sites (tertiary alicyclic amines) is 1. The fourth-order valence-electron chi connectivity index (χ4n) is 4.15. The van der Waals surface area contributed by atoms with E-state index in [1.165, 1.54) is 28.4 Å². The van der Waals surface area contributed by atoms with Crippen molar-refractivity contribution in [3.05, 3.63) is 53.5 Å². The van der Waals surface area contributed by atoms with Gasteiger partial charge in [0.15, 0.2) is 11.5 Å². The van der Waals surface area contributed by atoms with Gasteiger partial charge < -0.3 is 10.2 Å². The maximum atomic E-state index is 13.0. The molecule has 0 bridgehead atoms. The molecule has 3 amide bonds. The van der Waals surface area contributed by atoms with Gasteiger partial charge >= 0.3 is 6.03 Å². The zero-order valence-corrected chi connectivity index (χ0v) is 17.0. The van der Waals surface area contributed by atoms with Crippen molar-refractivity contribution in [1.82, 2.24) is 20.2 Å². The lowest BCUT2D eigenvalue weighted by Gasteiger charge is -2.33. The van der Waals surface area contributed by atoms with Gasteiger partial charge in [-0.2, -0.15) is 0 Å². The lowest BCUT2D eigenvalue weighted by molar-refractivity contribution is 0.0934. The first-order valence-electron chi connectivity index (χ1n) is 10.2. The lowest BCUT2D eigenvalue weighted by atomic mass is 10.00. The molecule has 0 unspecified atom stereocenters. The summed E-state index contributed by atoms with van der Waals surface area (Å²) >= 11 is 0. The molecule has 7 nitrogen and oxygen atoms in total. The highest BCUT2D eigenvalue weighted by Gasteiger charge is 2.29. The van der Waals surface area contributed by atoms with E-state index in [4.69, 9.17) is 0 Å². The summed E-state index contributed by atoms with van der Waals surface area (Å²) < 4.78 is 0. The quantitative estimate of drug-likeness (QED) is 0.870. The minimum Gasteiger partial charge on any atom is -0.347 e. The molecule has 0 spiro atoms. The summed E-state index contributed by atoms with van der Waals surface area (Å²) in [5.74, 6) is 0.639. The van der Waals surface area contributed by atoms with Crippen LogP contribution in [0.3, 0.4) is 0 Å². The fourth-order valence-corrected chi connectivity index (χ4v) is 4.15. The Labute approximate surface area is 171 Å². The number of rotatable bonds is 3. The van der Waals surface area contributed by atoms with Crippen LogP contribution in [0.15, 0.2) is 36.7 Å². The van der Waals surface area contributed by atoms with Crippen LogP contribution in [0.2, 0.25) is 0 Å². The number of hydrogen-bond donors (Lipinski definition) is 1. The average molecular weight is 393 g/mol. The van der Waals surface area contributed by atoms with E-state index in [0.29, 0.717) is 11.7 Å². The molecule has 1 aromatic heterocycles. The van der Waals surface area contributed by atoms with E-state index in [-0.39, 0.29) is 23.7 Å². The number of fused-ring (bicyclic) bond motifs is 1. The number of aromatic nitrogens is 2. The second-order valence-corrected chi connectivity index (χ2v) is 8.09. The van der Waals surface area contributed by atoms with Gasteiger partial charge in [-0.1, -0.05) is 31.2 Å². The highest BCUT2D eigenvalue weighted by molar-refractivity contribution is 6.01. The van der Waals surface area contributed by atoms with Crippen LogP contribution in [-0.2, 0) is 12.8 Å². The molecule has 2 heterocycles. The van der Waals surface area contributed by atoms with Crippen LogP contribution in [0, 0.1) is 5.92 Å². The first-order chi connectivity index (χ1) is 14.0. The van der Waals surface area contributed by atoms with Gasteiger partial charge in [-0.15, -0.1) is 0 Å². The third-order valence-corrected chi connectivity index (χ3v) is 5.94. The fraction of sp³-hybridized carbons (Fsp3) is 0.455. The summed E-state index contributed by atoms with van der Waals surface area (Å²) in [4.78, 5) is 37.7. The zero-order valence-electron chi connectivity index (χ0n) is 17.0. The van der Waals surface area contributed by atoms with E-state index in [9.17, 15) is 9.59 Å². The number of piperidine rings is 1. The van der Waals surface area contributed by atoms with E-state index in [0.717, 1.165) is 38.8 Å². The maximum absolute atomic E-state index is 13.0. The average Bonchev–Trinajstić information content (AvgIpc) is 3.15. The summed E-state index contributed by atoms with van der Waals surface area (Å²) in [6, 6.07) is 8.12. The highest BCUT2D eigenvalue weighted by Crippen LogP contribution is 2.23. The van der Waals surface area contributed by atoms with Crippen molar-refractivity contribution < 1.29 is 9.59 Å². The Morgan fingerprint density at radius 1 is 1.07 bits per heavy atom. The van der Waals surface area contributed by atoms with Gasteiger partial charge in [0.25, 0.3) is 5.91 Å². The largest absolute Gasteiger partial charge is 0.347 e. The van der Waals surface area contributed by atoms with E-state index >= 15 is 0 Å². The number of benzene rings is 1. The van der Waals surface area contributed by atoms with Crippen molar-refractivity contribution in [3.63, 3.8) is 0 Å². The second kappa shape index (κ2) is 8.19. The first-order valence-corrected chi connectivity index (χ1v) is 10.2. The van der Waals surface area contributed by atoms with E-state index in [2.05, 4.69) is 34.3 Å². The van der Waals surface area contributed by atoms with Crippen molar-refractivity contribution in [2.45, 2.75) is 38.6 Å². The van der Waals surface area contributed by atoms with Gasteiger partial charge in [-0.25, -0.2) is 14.8 Å². The zero-order chi connectivity index (χ0) is 20.4. The molecule has 1 aliphatic carbocycles. The summed E-state index contributed by atoms with van der Waals surface area (Å²) in [5.41, 5.74) is 2.72. The van der Waals surface area contributed by atoms with Gasteiger partial charge in [-0.05, 0) is 42.7 Å². The van der Waals surface area contributed by atoms with Crippen molar-refractivity contribution in [2.24, 2.45) is 5.92 Å². The predicted molar refractivity (Wildman–Crippen MR) is 111 cm³/mol. The molecule has 2 aliphatic rings. The number of amides is 3. The van der Waals surface area contributed by atoms with Crippen LogP contribution in [0.4, 0.5) is 10.6 Å². The van der Waals surface area contributed by atoms with E-state index < -0.39 is 0 Å². The Morgan fingerprint density at radius 3 is 2.34 bits per heavy atom. The van der Waals surface area contributed by atoms with Crippen molar-refractivity contribution >= 4 is 17.8 Å². The Kier molecular flexibility index (Phi) is 5.47. The molecule has 2 aromatic rings. The number of nitrogens with one attached hydrogen (secondary N) is 1. The first kappa shape index (κ1) is 19.4. The molecule has 29 heavy (non-hydrogen) atoms. The smallest absolute Gasteiger partial charge is 0.325 e. The van der Waals surface area contributed by atoms with Gasteiger partial charge in [0.1, 0.15) is 0 Å². The maximum Gasteiger partial charge on any atom is 0.325 e. The van der Waals surface area contributed by atoms with Crippen LogP contribution >= 0.6 is 0 Å². The Balaban J connectivity index is 1.46. The molecule has 4 rings (SSSR count). The van der Waals surface area contributed by atoms with Crippen LogP contribution in [0.5, 0.6) is 0 Å². The Hall–Kier alpha value is -2.96. The van der Waals surface area contributed by atoms with E-state index in [1.54, 1.807) is 7.05 Å². The van der Waals surface area contributed by atoms with Gasteiger partial charge in [0, 0.05) is 38.6 Å². The van der Waals surface area contributed by atoms with Gasteiger partial charge in [-0.3, -0.25) is 9.69 Å². The highest BCUT2D eigenvalue weighted by atomic mass is 16.2. The summed E-state index contributed by atoms with van der Waals surface area (Å²) in [7, 11) is 1.66. The number of carbonyl (C=O) groups is 2. The van der Waals surface area contributed by atoms with Crippen LogP contribution in [-0.4, -0.2) is 53.0 Å². The summed E-state index contributed by atoms with van der Waals surface area (Å²) in [5, 5.41) is 3.07. The summed E-state index contributed by atoms with van der Waals surface area (Å²) in [6.07, 6.45) is 6.60. The van der Waals surface area contributed by atoms with Crippen molar-refractivity contribution in [1.29, 1.82) is 0 Å². The molecule has 1 aromatic carbocycles. The number of hydrogen-bond acceptors (Lipinski definition) is 4. The molecular weight excluding hydrogens is 366 g/mol. The number of carbonyl (C=O) groups excluding carboxylic acids is 2. The monoisotopic (exact) mass is 393 g/mol. The molecule has 1 saturated heterocycles. The van der Waals surface area contributed by atoms with Crippen LogP contribution in [0.25, 0.3) is 0 Å². The van der Waals surface area contributed by atoms with E-state index in [1.807, 2.05) is 17.0 Å². The Bertz CT molecular complexity index is 883. The third kappa shape index (κ3) is 4.09. The number of urea groups is 1. The predicted octanol–water partition coefficient (Wildman–Crippen LogP) is 2.66. The molecule has 1 aliphatic heterocycles. The van der Waals surface area contributed by atoms with Crippen LogP contribution in [0.1, 0.15) is 41.4 Å². The van der Waals surface area contributed by atoms with Gasteiger partial charge in [0.2, 0.25) is 0 Å². The molecule has 152 valence electrons. The molecule has 7 heteroatoms. The summed E-state index contributed by atoms with van der Waals surface area (Å²) in [6.45, 7) is 3.66. The molecule has 1 N–H and O–H groups in total. The van der Waals surface area contributed by atoms with Crippen molar-refractivity contribution in [3.8, 4) is 0 Å². The standard InChI is InChI=1S/C22H27N5O2/c1-15-7-11-27(12-8-15)22(29)26(2)20-19(23-9-10-24-20)21(28)25-18-13-16-5-3-4-6-17(16)14-18/h3-6,9-10,15,18H,7-8,11-14H2,1-2H3,(H,25,28). The minimum atomic E-state index is -0.294. The minimum absolute atomic E-state index is 0.0272. The topological polar surface area (TPSA) is 78.4 Å². The van der Waals surface area contributed by atoms with Crippen molar-refractivity contribution in [2.75, 3.05) is 25.0 Å².